The van der Waals surface area contributed by atoms with Gasteiger partial charge in [0.25, 0.3) is 0 Å². The molecule has 3 unspecified atom stereocenters. The molecule has 0 spiro atoms. The van der Waals surface area contributed by atoms with E-state index < -0.39 is 0 Å². The molecule has 0 heterocycles. The number of benzene rings is 1. The SMILES string of the molecule is Cc1ccc(O)c2c1C(C)CC2NCC(O)C1CC1. The molecule has 1 aromatic carbocycles. The van der Waals surface area contributed by atoms with E-state index in [-0.39, 0.29) is 12.1 Å². The maximum atomic E-state index is 10.1. The molecular weight excluding hydrogens is 238 g/mol. The minimum atomic E-state index is -0.230. The Bertz CT molecular complexity index is 482. The van der Waals surface area contributed by atoms with E-state index in [0.29, 0.717) is 24.1 Å². The summed E-state index contributed by atoms with van der Waals surface area (Å²) in [5, 5.41) is 23.5. The van der Waals surface area contributed by atoms with Crippen LogP contribution in [0.25, 0.3) is 0 Å². The number of rotatable bonds is 4. The second kappa shape index (κ2) is 4.80. The second-order valence-electron chi connectivity index (χ2n) is 6.23. The first kappa shape index (κ1) is 12.9. The number of aliphatic hydroxyl groups is 1. The van der Waals surface area contributed by atoms with Gasteiger partial charge in [-0.25, -0.2) is 0 Å². The molecule has 0 bridgehead atoms. The van der Waals surface area contributed by atoms with Gasteiger partial charge in [0.2, 0.25) is 0 Å². The molecule has 0 aromatic heterocycles. The minimum Gasteiger partial charge on any atom is -0.508 e. The summed E-state index contributed by atoms with van der Waals surface area (Å²) in [5.74, 6) is 1.36. The summed E-state index contributed by atoms with van der Waals surface area (Å²) in [6, 6.07) is 3.96. The zero-order chi connectivity index (χ0) is 13.6. The van der Waals surface area contributed by atoms with Crippen LogP contribution >= 0.6 is 0 Å². The molecule has 1 aromatic rings. The predicted octanol–water partition coefficient (Wildman–Crippen LogP) is 2.61. The van der Waals surface area contributed by atoms with E-state index in [0.717, 1.165) is 24.8 Å². The van der Waals surface area contributed by atoms with E-state index in [9.17, 15) is 10.2 Å². The first-order valence-corrected chi connectivity index (χ1v) is 7.31. The highest BCUT2D eigenvalue weighted by molar-refractivity contribution is 5.50. The normalized spacial score (nSPS) is 27.3. The molecule has 104 valence electrons. The molecule has 2 aliphatic carbocycles. The lowest BCUT2D eigenvalue weighted by Gasteiger charge is -2.18. The lowest BCUT2D eigenvalue weighted by atomic mass is 9.97. The van der Waals surface area contributed by atoms with E-state index >= 15 is 0 Å². The molecule has 1 saturated carbocycles. The number of aliphatic hydroxyl groups excluding tert-OH is 1. The monoisotopic (exact) mass is 261 g/mol. The molecule has 3 heteroatoms. The summed E-state index contributed by atoms with van der Waals surface area (Å²) in [6.07, 6.45) is 3.09. The summed E-state index contributed by atoms with van der Waals surface area (Å²) in [4.78, 5) is 0. The fraction of sp³-hybridized carbons (Fsp3) is 0.625. The Morgan fingerprint density at radius 3 is 2.74 bits per heavy atom. The van der Waals surface area contributed by atoms with E-state index in [1.165, 1.54) is 11.1 Å². The van der Waals surface area contributed by atoms with Crippen LogP contribution in [0.1, 0.15) is 54.8 Å². The highest BCUT2D eigenvalue weighted by Crippen LogP contribution is 2.46. The Hall–Kier alpha value is -1.06. The van der Waals surface area contributed by atoms with Gasteiger partial charge in [0.15, 0.2) is 0 Å². The Labute approximate surface area is 114 Å². The smallest absolute Gasteiger partial charge is 0.120 e. The highest BCUT2D eigenvalue weighted by Gasteiger charge is 2.34. The van der Waals surface area contributed by atoms with Crippen molar-refractivity contribution in [1.82, 2.24) is 5.32 Å². The Balaban J connectivity index is 1.77. The molecule has 3 nitrogen and oxygen atoms in total. The van der Waals surface area contributed by atoms with Crippen LogP contribution in [0.15, 0.2) is 12.1 Å². The third kappa shape index (κ3) is 2.37. The van der Waals surface area contributed by atoms with Gasteiger partial charge in [-0.3, -0.25) is 0 Å². The van der Waals surface area contributed by atoms with E-state index in [1.807, 2.05) is 6.07 Å². The first-order valence-electron chi connectivity index (χ1n) is 7.31. The molecule has 0 amide bonds. The summed E-state index contributed by atoms with van der Waals surface area (Å²) in [6.45, 7) is 4.95. The maximum absolute atomic E-state index is 10.1. The molecule has 3 atom stereocenters. The average Bonchev–Trinajstić information content (AvgIpc) is 3.16. The van der Waals surface area contributed by atoms with E-state index in [2.05, 4.69) is 19.2 Å². The Morgan fingerprint density at radius 2 is 2.05 bits per heavy atom. The van der Waals surface area contributed by atoms with Crippen molar-refractivity contribution in [2.75, 3.05) is 6.54 Å². The third-order valence-electron chi connectivity index (χ3n) is 4.65. The molecular formula is C16H23NO2. The molecule has 0 aliphatic heterocycles. The number of hydrogen-bond acceptors (Lipinski definition) is 3. The second-order valence-corrected chi connectivity index (χ2v) is 6.23. The number of phenols is 1. The van der Waals surface area contributed by atoms with Crippen molar-refractivity contribution in [3.8, 4) is 5.75 Å². The van der Waals surface area contributed by atoms with Gasteiger partial charge < -0.3 is 15.5 Å². The molecule has 19 heavy (non-hydrogen) atoms. The van der Waals surface area contributed by atoms with Gasteiger partial charge in [-0.2, -0.15) is 0 Å². The van der Waals surface area contributed by atoms with Crippen LogP contribution in [-0.4, -0.2) is 22.9 Å². The third-order valence-corrected chi connectivity index (χ3v) is 4.65. The van der Waals surface area contributed by atoms with Crippen molar-refractivity contribution in [2.24, 2.45) is 5.92 Å². The van der Waals surface area contributed by atoms with Gasteiger partial charge in [0, 0.05) is 18.2 Å². The number of phenolic OH excluding ortho intramolecular Hbond substituents is 1. The lowest BCUT2D eigenvalue weighted by Crippen LogP contribution is -2.30. The molecule has 3 rings (SSSR count). The summed E-state index contributed by atoms with van der Waals surface area (Å²) in [5.41, 5.74) is 3.60. The number of fused-ring (bicyclic) bond motifs is 1. The minimum absolute atomic E-state index is 0.179. The zero-order valence-electron chi connectivity index (χ0n) is 11.7. The molecule has 0 saturated heterocycles. The van der Waals surface area contributed by atoms with Gasteiger partial charge >= 0.3 is 0 Å². The quantitative estimate of drug-likeness (QED) is 0.781. The molecule has 1 fully saturated rings. The van der Waals surface area contributed by atoms with Crippen LogP contribution in [0.2, 0.25) is 0 Å². The summed E-state index contributed by atoms with van der Waals surface area (Å²) >= 11 is 0. The van der Waals surface area contributed by atoms with Gasteiger partial charge in [0.05, 0.1) is 6.10 Å². The van der Waals surface area contributed by atoms with Gasteiger partial charge in [-0.05, 0) is 55.2 Å². The molecule has 3 N–H and O–H groups in total. The molecule has 0 radical (unpaired) electrons. The zero-order valence-corrected chi connectivity index (χ0v) is 11.7. The van der Waals surface area contributed by atoms with Crippen LogP contribution in [-0.2, 0) is 0 Å². The van der Waals surface area contributed by atoms with Gasteiger partial charge in [-0.1, -0.05) is 13.0 Å². The Kier molecular flexibility index (Phi) is 3.27. The number of aromatic hydroxyl groups is 1. The van der Waals surface area contributed by atoms with Crippen LogP contribution < -0.4 is 5.32 Å². The van der Waals surface area contributed by atoms with Crippen LogP contribution in [0.3, 0.4) is 0 Å². The Morgan fingerprint density at radius 1 is 1.32 bits per heavy atom. The standard InChI is InChI=1S/C16H23NO2/c1-9-3-6-13(18)16-12(7-10(2)15(9)16)17-8-14(19)11-4-5-11/h3,6,10-12,14,17-19H,4-5,7-8H2,1-2H3. The van der Waals surface area contributed by atoms with Crippen molar-refractivity contribution in [3.63, 3.8) is 0 Å². The van der Waals surface area contributed by atoms with E-state index in [4.69, 9.17) is 0 Å². The van der Waals surface area contributed by atoms with Crippen LogP contribution in [0.5, 0.6) is 5.75 Å². The van der Waals surface area contributed by atoms with Crippen LogP contribution in [0.4, 0.5) is 0 Å². The predicted molar refractivity (Wildman–Crippen MR) is 75.4 cm³/mol. The number of nitrogens with one attached hydrogen (secondary N) is 1. The van der Waals surface area contributed by atoms with Crippen molar-refractivity contribution < 1.29 is 10.2 Å². The highest BCUT2D eigenvalue weighted by atomic mass is 16.3. The van der Waals surface area contributed by atoms with Crippen LogP contribution in [0, 0.1) is 12.8 Å². The average molecular weight is 261 g/mol. The summed E-state index contributed by atoms with van der Waals surface area (Å²) in [7, 11) is 0. The topological polar surface area (TPSA) is 52.5 Å². The number of aryl methyl sites for hydroxylation is 1. The van der Waals surface area contributed by atoms with Crippen molar-refractivity contribution >= 4 is 0 Å². The molecule has 2 aliphatic rings. The van der Waals surface area contributed by atoms with Gasteiger partial charge in [0.1, 0.15) is 5.75 Å². The van der Waals surface area contributed by atoms with Crippen molar-refractivity contribution in [2.45, 2.75) is 51.2 Å². The van der Waals surface area contributed by atoms with Gasteiger partial charge in [-0.15, -0.1) is 0 Å². The van der Waals surface area contributed by atoms with E-state index in [1.54, 1.807) is 6.07 Å². The largest absolute Gasteiger partial charge is 0.508 e. The first-order chi connectivity index (χ1) is 9.08. The number of hydrogen-bond donors (Lipinski definition) is 3. The van der Waals surface area contributed by atoms with Crippen molar-refractivity contribution in [1.29, 1.82) is 0 Å². The fourth-order valence-corrected chi connectivity index (χ4v) is 3.44. The fourth-order valence-electron chi connectivity index (χ4n) is 3.44. The maximum Gasteiger partial charge on any atom is 0.120 e. The van der Waals surface area contributed by atoms with Crippen molar-refractivity contribution in [3.05, 3.63) is 28.8 Å². The lowest BCUT2D eigenvalue weighted by molar-refractivity contribution is 0.144. The summed E-state index contributed by atoms with van der Waals surface area (Å²) < 4.78 is 0.